The number of benzene rings is 1. The summed E-state index contributed by atoms with van der Waals surface area (Å²) < 4.78 is 0. The molecule has 0 radical (unpaired) electrons. The van der Waals surface area contributed by atoms with E-state index in [1.807, 2.05) is 36.9 Å². The highest BCUT2D eigenvalue weighted by Crippen LogP contribution is 2.18. The third kappa shape index (κ3) is 4.29. The van der Waals surface area contributed by atoms with Crippen LogP contribution in [0.25, 0.3) is 0 Å². The second-order valence-corrected chi connectivity index (χ2v) is 5.78. The minimum atomic E-state index is -0.769. The maximum absolute atomic E-state index is 12.1. The number of nitrogens with one attached hydrogen (secondary N) is 1. The van der Waals surface area contributed by atoms with E-state index in [0.29, 0.717) is 13.0 Å². The second-order valence-electron chi connectivity index (χ2n) is 5.78. The number of likely N-dealkylation sites (tertiary alicyclic amines) is 1. The van der Waals surface area contributed by atoms with E-state index in [1.165, 1.54) is 0 Å². The van der Waals surface area contributed by atoms with E-state index < -0.39 is 5.97 Å². The number of aliphatic carboxylic acids is 1. The van der Waals surface area contributed by atoms with Crippen molar-refractivity contribution < 1.29 is 14.7 Å². The summed E-state index contributed by atoms with van der Waals surface area (Å²) in [4.78, 5) is 25.1. The van der Waals surface area contributed by atoms with Gasteiger partial charge in [0, 0.05) is 12.2 Å². The number of carbonyl (C=O) groups is 2. The third-order valence-electron chi connectivity index (χ3n) is 3.89. The fourth-order valence-corrected chi connectivity index (χ4v) is 2.66. The summed E-state index contributed by atoms with van der Waals surface area (Å²) in [7, 11) is 0. The van der Waals surface area contributed by atoms with Gasteiger partial charge in [-0.1, -0.05) is 12.1 Å². The van der Waals surface area contributed by atoms with Crippen molar-refractivity contribution in [1.82, 2.24) is 4.90 Å². The fourth-order valence-electron chi connectivity index (χ4n) is 2.66. The molecule has 2 N–H and O–H groups in total. The van der Waals surface area contributed by atoms with Gasteiger partial charge in [-0.3, -0.25) is 14.5 Å². The number of rotatable bonds is 4. The number of amides is 1. The Morgan fingerprint density at radius 3 is 2.86 bits per heavy atom. The highest BCUT2D eigenvalue weighted by Gasteiger charge is 2.26. The number of carbonyl (C=O) groups excluding carboxylic acids is 1. The Morgan fingerprint density at radius 1 is 1.38 bits per heavy atom. The normalized spacial score (nSPS) is 19.2. The van der Waals surface area contributed by atoms with Gasteiger partial charge in [0.25, 0.3) is 0 Å². The molecular formula is C16H22N2O3. The fraction of sp³-hybridized carbons (Fsp3) is 0.500. The van der Waals surface area contributed by atoms with Gasteiger partial charge in [-0.15, -0.1) is 0 Å². The van der Waals surface area contributed by atoms with Crippen molar-refractivity contribution in [3.05, 3.63) is 29.3 Å². The Labute approximate surface area is 125 Å². The van der Waals surface area contributed by atoms with Crippen LogP contribution in [0.2, 0.25) is 0 Å². The zero-order valence-corrected chi connectivity index (χ0v) is 12.6. The molecule has 0 bridgehead atoms. The molecule has 1 heterocycles. The van der Waals surface area contributed by atoms with Crippen LogP contribution in [0.4, 0.5) is 5.69 Å². The average Bonchev–Trinajstić information content (AvgIpc) is 2.43. The Hall–Kier alpha value is -1.88. The largest absolute Gasteiger partial charge is 0.481 e. The van der Waals surface area contributed by atoms with E-state index in [2.05, 4.69) is 5.32 Å². The molecule has 1 aliphatic rings. The van der Waals surface area contributed by atoms with Crippen molar-refractivity contribution in [2.45, 2.75) is 26.7 Å². The monoisotopic (exact) mass is 290 g/mol. The molecule has 0 aromatic heterocycles. The van der Waals surface area contributed by atoms with Gasteiger partial charge >= 0.3 is 5.97 Å². The van der Waals surface area contributed by atoms with Gasteiger partial charge in [0.15, 0.2) is 0 Å². The van der Waals surface area contributed by atoms with Gasteiger partial charge < -0.3 is 10.4 Å². The lowest BCUT2D eigenvalue weighted by atomic mass is 9.98. The molecule has 1 aromatic rings. The van der Waals surface area contributed by atoms with Crippen molar-refractivity contribution in [3.63, 3.8) is 0 Å². The van der Waals surface area contributed by atoms with Crippen LogP contribution in [0.3, 0.4) is 0 Å². The van der Waals surface area contributed by atoms with Crippen molar-refractivity contribution in [1.29, 1.82) is 0 Å². The van der Waals surface area contributed by atoms with Crippen LogP contribution in [0.15, 0.2) is 18.2 Å². The van der Waals surface area contributed by atoms with Gasteiger partial charge in [0.2, 0.25) is 5.91 Å². The van der Waals surface area contributed by atoms with Crippen LogP contribution in [0, 0.1) is 19.8 Å². The topological polar surface area (TPSA) is 69.6 Å². The van der Waals surface area contributed by atoms with Crippen LogP contribution < -0.4 is 5.32 Å². The molecular weight excluding hydrogens is 268 g/mol. The lowest BCUT2D eigenvalue weighted by molar-refractivity contribution is -0.144. The molecule has 114 valence electrons. The molecule has 1 aromatic carbocycles. The molecule has 0 aliphatic carbocycles. The van der Waals surface area contributed by atoms with E-state index in [-0.39, 0.29) is 18.4 Å². The van der Waals surface area contributed by atoms with Gasteiger partial charge in [-0.2, -0.15) is 0 Å². The predicted molar refractivity (Wildman–Crippen MR) is 81.3 cm³/mol. The molecule has 1 amide bonds. The Kier molecular flexibility index (Phi) is 4.96. The lowest BCUT2D eigenvalue weighted by Gasteiger charge is -2.30. The number of carboxylic acids is 1. The number of piperidine rings is 1. The van der Waals surface area contributed by atoms with Crippen LogP contribution in [-0.4, -0.2) is 41.5 Å². The van der Waals surface area contributed by atoms with E-state index in [9.17, 15) is 9.59 Å². The summed E-state index contributed by atoms with van der Waals surface area (Å²) in [5.74, 6) is -1.21. The first-order chi connectivity index (χ1) is 9.95. The molecule has 5 nitrogen and oxygen atoms in total. The summed E-state index contributed by atoms with van der Waals surface area (Å²) in [6.45, 7) is 5.42. The highest BCUT2D eigenvalue weighted by molar-refractivity contribution is 5.93. The number of hydrogen-bond acceptors (Lipinski definition) is 3. The summed E-state index contributed by atoms with van der Waals surface area (Å²) in [5, 5.41) is 12.0. The van der Waals surface area contributed by atoms with Gasteiger partial charge in [-0.25, -0.2) is 0 Å². The van der Waals surface area contributed by atoms with Crippen LogP contribution >= 0.6 is 0 Å². The maximum Gasteiger partial charge on any atom is 0.307 e. The van der Waals surface area contributed by atoms with Crippen LogP contribution in [0.5, 0.6) is 0 Å². The Bertz CT molecular complexity index is 542. The molecule has 1 aliphatic heterocycles. The smallest absolute Gasteiger partial charge is 0.307 e. The number of carboxylic acid groups (broad SMARTS) is 1. The number of anilines is 1. The molecule has 21 heavy (non-hydrogen) atoms. The summed E-state index contributed by atoms with van der Waals surface area (Å²) in [6, 6.07) is 5.93. The molecule has 1 saturated heterocycles. The summed E-state index contributed by atoms with van der Waals surface area (Å²) >= 11 is 0. The quantitative estimate of drug-likeness (QED) is 0.890. The zero-order valence-electron chi connectivity index (χ0n) is 12.6. The minimum Gasteiger partial charge on any atom is -0.481 e. The molecule has 1 fully saturated rings. The highest BCUT2D eigenvalue weighted by atomic mass is 16.4. The van der Waals surface area contributed by atoms with Crippen LogP contribution in [-0.2, 0) is 9.59 Å². The van der Waals surface area contributed by atoms with E-state index in [4.69, 9.17) is 5.11 Å². The summed E-state index contributed by atoms with van der Waals surface area (Å²) in [6.07, 6.45) is 1.53. The van der Waals surface area contributed by atoms with Crippen molar-refractivity contribution in [2.75, 3.05) is 25.0 Å². The SMILES string of the molecule is Cc1ccc(C)c(NC(=O)CN2CCCC(C(=O)O)C2)c1. The maximum atomic E-state index is 12.1. The first-order valence-electron chi connectivity index (χ1n) is 7.28. The predicted octanol–water partition coefficient (Wildman–Crippen LogP) is 2.04. The number of hydrogen-bond donors (Lipinski definition) is 2. The Balaban J connectivity index is 1.92. The van der Waals surface area contributed by atoms with Crippen molar-refractivity contribution in [3.8, 4) is 0 Å². The standard InChI is InChI=1S/C16H22N2O3/c1-11-5-6-12(2)14(8-11)17-15(19)10-18-7-3-4-13(9-18)16(20)21/h5-6,8,13H,3-4,7,9-10H2,1-2H3,(H,17,19)(H,20,21). The molecule has 2 rings (SSSR count). The average molecular weight is 290 g/mol. The van der Waals surface area contributed by atoms with Crippen LogP contribution in [0.1, 0.15) is 24.0 Å². The first-order valence-corrected chi connectivity index (χ1v) is 7.28. The Morgan fingerprint density at radius 2 is 2.14 bits per heavy atom. The van der Waals surface area contributed by atoms with E-state index in [0.717, 1.165) is 29.8 Å². The number of nitrogens with zero attached hydrogens (tertiary/aromatic N) is 1. The van der Waals surface area contributed by atoms with Crippen molar-refractivity contribution in [2.24, 2.45) is 5.92 Å². The molecule has 0 spiro atoms. The first kappa shape index (κ1) is 15.5. The molecule has 0 saturated carbocycles. The second kappa shape index (κ2) is 6.72. The molecule has 1 unspecified atom stereocenters. The van der Waals surface area contributed by atoms with Gasteiger partial charge in [-0.05, 0) is 50.4 Å². The van der Waals surface area contributed by atoms with Crippen molar-refractivity contribution >= 4 is 17.6 Å². The minimum absolute atomic E-state index is 0.0882. The molecule has 1 atom stereocenters. The van der Waals surface area contributed by atoms with Gasteiger partial charge in [0.05, 0.1) is 12.5 Å². The van der Waals surface area contributed by atoms with Gasteiger partial charge in [0.1, 0.15) is 0 Å². The summed E-state index contributed by atoms with van der Waals surface area (Å²) in [5.41, 5.74) is 2.95. The van der Waals surface area contributed by atoms with E-state index >= 15 is 0 Å². The third-order valence-corrected chi connectivity index (χ3v) is 3.89. The lowest BCUT2D eigenvalue weighted by Crippen LogP contribution is -2.42. The number of aryl methyl sites for hydroxylation is 2. The molecule has 5 heteroatoms. The zero-order chi connectivity index (χ0) is 15.4. The van der Waals surface area contributed by atoms with E-state index in [1.54, 1.807) is 0 Å².